The molecule has 0 N–H and O–H groups in total. The molecule has 5 nitrogen and oxygen atoms in total. The van der Waals surface area contributed by atoms with Crippen LogP contribution in [0.3, 0.4) is 0 Å². The number of hydrogen-bond donors (Lipinski definition) is 0. The van der Waals surface area contributed by atoms with Gasteiger partial charge in [0.15, 0.2) is 0 Å². The second-order valence-electron chi connectivity index (χ2n) is 9.79. The van der Waals surface area contributed by atoms with Gasteiger partial charge in [0, 0.05) is 17.3 Å². The number of carbonyl (C=O) groups excluding carboxylic acids is 1. The van der Waals surface area contributed by atoms with E-state index < -0.39 is 0 Å². The molecule has 2 heterocycles. The van der Waals surface area contributed by atoms with Gasteiger partial charge < -0.3 is 4.74 Å². The van der Waals surface area contributed by atoms with E-state index in [1.165, 1.54) is 23.9 Å². The van der Waals surface area contributed by atoms with Crippen LogP contribution < -0.4 is 4.74 Å². The number of thioether (sulfide) groups is 1. The maximum atomic E-state index is 13.6. The van der Waals surface area contributed by atoms with Crippen LogP contribution in [0.1, 0.15) is 29.7 Å². The number of rotatable bonds is 8. The fourth-order valence-corrected chi connectivity index (χ4v) is 6.16. The second kappa shape index (κ2) is 12.1. The largest absolute Gasteiger partial charge is 0.489 e. The van der Waals surface area contributed by atoms with Crippen molar-refractivity contribution < 1.29 is 13.9 Å². The molecule has 1 aliphatic heterocycles. The summed E-state index contributed by atoms with van der Waals surface area (Å²) >= 11 is 6.96. The van der Waals surface area contributed by atoms with Gasteiger partial charge in [-0.3, -0.25) is 9.69 Å². The molecule has 1 atom stereocenters. The molecule has 4 aromatic carbocycles. The average Bonchev–Trinajstić information content (AvgIpc) is 3.57. The highest BCUT2D eigenvalue weighted by molar-refractivity contribution is 8.26. The highest BCUT2D eigenvalue weighted by Gasteiger charge is 2.36. The topological polar surface area (TPSA) is 47.4 Å². The molecule has 1 unspecified atom stereocenters. The van der Waals surface area contributed by atoms with Crippen molar-refractivity contribution in [2.24, 2.45) is 0 Å². The zero-order valence-electron chi connectivity index (χ0n) is 22.7. The van der Waals surface area contributed by atoms with E-state index in [9.17, 15) is 9.18 Å². The number of ether oxygens (including phenoxy) is 1. The third-order valence-corrected chi connectivity index (χ3v) is 8.30. The smallest absolute Gasteiger partial charge is 0.266 e. The second-order valence-corrected chi connectivity index (χ2v) is 11.5. The molecule has 6 rings (SSSR count). The zero-order chi connectivity index (χ0) is 29.1. The number of hydrogen-bond acceptors (Lipinski definition) is 5. The minimum Gasteiger partial charge on any atom is -0.489 e. The number of nitrogens with zero attached hydrogens (tertiary/aromatic N) is 3. The molecular formula is C34H26FN3O2S2. The van der Waals surface area contributed by atoms with E-state index >= 15 is 0 Å². The lowest BCUT2D eigenvalue weighted by Crippen LogP contribution is -2.30. The van der Waals surface area contributed by atoms with Crippen molar-refractivity contribution in [3.63, 3.8) is 0 Å². The van der Waals surface area contributed by atoms with Gasteiger partial charge in [-0.2, -0.15) is 5.10 Å². The molecule has 1 amide bonds. The monoisotopic (exact) mass is 591 g/mol. The highest BCUT2D eigenvalue weighted by Crippen LogP contribution is 2.39. The first kappa shape index (κ1) is 27.6. The molecular weight excluding hydrogens is 566 g/mol. The van der Waals surface area contributed by atoms with Gasteiger partial charge in [0.2, 0.25) is 0 Å². The van der Waals surface area contributed by atoms with Crippen LogP contribution in [-0.4, -0.2) is 24.9 Å². The summed E-state index contributed by atoms with van der Waals surface area (Å²) in [5.74, 6) is 0.241. The van der Waals surface area contributed by atoms with E-state index in [1.807, 2.05) is 104 Å². The number of amides is 1. The maximum Gasteiger partial charge on any atom is 0.266 e. The van der Waals surface area contributed by atoms with E-state index in [-0.39, 0.29) is 17.8 Å². The lowest BCUT2D eigenvalue weighted by Gasteiger charge is -2.23. The first-order valence-electron chi connectivity index (χ1n) is 13.4. The van der Waals surface area contributed by atoms with Crippen molar-refractivity contribution in [1.82, 2.24) is 14.7 Å². The molecule has 1 fully saturated rings. The van der Waals surface area contributed by atoms with E-state index in [2.05, 4.69) is 0 Å². The summed E-state index contributed by atoms with van der Waals surface area (Å²) < 4.78 is 21.6. The number of thiocarbonyl (C=S) groups is 1. The predicted molar refractivity (Wildman–Crippen MR) is 170 cm³/mol. The molecule has 0 spiro atoms. The summed E-state index contributed by atoms with van der Waals surface area (Å²) in [4.78, 5) is 15.8. The molecule has 5 aromatic rings. The third kappa shape index (κ3) is 5.91. The van der Waals surface area contributed by atoms with E-state index in [1.54, 1.807) is 21.7 Å². The van der Waals surface area contributed by atoms with Gasteiger partial charge in [0.05, 0.1) is 16.6 Å². The van der Waals surface area contributed by atoms with Crippen molar-refractivity contribution >= 4 is 40.3 Å². The highest BCUT2D eigenvalue weighted by atomic mass is 32.2. The van der Waals surface area contributed by atoms with Gasteiger partial charge in [0.1, 0.15) is 28.2 Å². The van der Waals surface area contributed by atoms with Gasteiger partial charge in [0.25, 0.3) is 5.91 Å². The maximum absolute atomic E-state index is 13.6. The molecule has 42 heavy (non-hydrogen) atoms. The summed E-state index contributed by atoms with van der Waals surface area (Å²) in [5, 5.41) is 4.92. The summed E-state index contributed by atoms with van der Waals surface area (Å²) in [6.45, 7) is 2.29. The van der Waals surface area contributed by atoms with Crippen LogP contribution in [0.4, 0.5) is 4.39 Å². The lowest BCUT2D eigenvalue weighted by atomic mass is 10.1. The standard InChI is InChI=1S/C34H26FN3O2S2/c1-23(25-9-4-2-5-10-25)38-33(39)31(42-34(38)41)20-27-21-37(29-12-6-3-7-13-29)36-32(27)26-11-8-14-30(19-26)40-22-24-15-17-28(35)18-16-24/h2-21,23H,22H2,1H3/b31-20-. The quantitative estimate of drug-likeness (QED) is 0.134. The Hall–Kier alpha value is -4.53. The Labute approximate surface area is 253 Å². The normalized spacial score (nSPS) is 14.9. The molecule has 208 valence electrons. The molecule has 0 bridgehead atoms. The van der Waals surface area contributed by atoms with Gasteiger partial charge >= 0.3 is 0 Å². The van der Waals surface area contributed by atoms with Gasteiger partial charge in [-0.05, 0) is 60.5 Å². The molecule has 0 saturated carbocycles. The fraction of sp³-hybridized carbons (Fsp3) is 0.0882. The summed E-state index contributed by atoms with van der Waals surface area (Å²) in [6.07, 6.45) is 3.79. The lowest BCUT2D eigenvalue weighted by molar-refractivity contribution is -0.123. The third-order valence-electron chi connectivity index (χ3n) is 6.97. The Bertz CT molecular complexity index is 1770. The minimum absolute atomic E-state index is 0.129. The molecule has 0 aliphatic carbocycles. The van der Waals surface area contributed by atoms with E-state index in [0.29, 0.717) is 27.3 Å². The van der Waals surface area contributed by atoms with Gasteiger partial charge in [-0.25, -0.2) is 9.07 Å². The van der Waals surface area contributed by atoms with Crippen LogP contribution in [0.2, 0.25) is 0 Å². The number of aromatic nitrogens is 2. The number of halogens is 1. The van der Waals surface area contributed by atoms with Crippen LogP contribution >= 0.6 is 24.0 Å². The summed E-state index contributed by atoms with van der Waals surface area (Å²) in [6, 6.07) is 33.4. The van der Waals surface area contributed by atoms with E-state index in [4.69, 9.17) is 22.1 Å². The molecule has 1 aromatic heterocycles. The number of para-hydroxylation sites is 1. The van der Waals surface area contributed by atoms with Crippen molar-refractivity contribution in [3.8, 4) is 22.7 Å². The molecule has 1 aliphatic rings. The van der Waals surface area contributed by atoms with Crippen LogP contribution in [0.25, 0.3) is 23.0 Å². The summed E-state index contributed by atoms with van der Waals surface area (Å²) in [5.41, 5.74) is 5.09. The first-order valence-corrected chi connectivity index (χ1v) is 14.6. The Balaban J connectivity index is 1.33. The SMILES string of the molecule is CC(c1ccccc1)N1C(=O)/C(=C/c2cn(-c3ccccc3)nc2-c2cccc(OCc3ccc(F)cc3)c2)SC1=S. The number of carbonyl (C=O) groups is 1. The first-order chi connectivity index (χ1) is 20.5. The Morgan fingerprint density at radius 2 is 1.67 bits per heavy atom. The minimum atomic E-state index is -0.284. The average molecular weight is 592 g/mol. The molecule has 8 heteroatoms. The molecule has 1 saturated heterocycles. The van der Waals surface area contributed by atoms with Crippen LogP contribution in [0.15, 0.2) is 120 Å². The van der Waals surface area contributed by atoms with Crippen molar-refractivity contribution in [1.29, 1.82) is 0 Å². The number of benzene rings is 4. The van der Waals surface area contributed by atoms with Crippen LogP contribution in [0, 0.1) is 5.82 Å². The fourth-order valence-electron chi connectivity index (χ4n) is 4.75. The Kier molecular flexibility index (Phi) is 7.99. The van der Waals surface area contributed by atoms with Gasteiger partial charge in [-0.1, -0.05) is 96.8 Å². The van der Waals surface area contributed by atoms with Crippen LogP contribution in [-0.2, 0) is 11.4 Å². The predicted octanol–water partition coefficient (Wildman–Crippen LogP) is 8.22. The van der Waals surface area contributed by atoms with Crippen LogP contribution in [0.5, 0.6) is 5.75 Å². The van der Waals surface area contributed by atoms with Crippen molar-refractivity contribution in [2.75, 3.05) is 0 Å². The Morgan fingerprint density at radius 3 is 2.40 bits per heavy atom. The van der Waals surface area contributed by atoms with Gasteiger partial charge in [-0.15, -0.1) is 0 Å². The Morgan fingerprint density at radius 1 is 0.952 bits per heavy atom. The summed E-state index contributed by atoms with van der Waals surface area (Å²) in [7, 11) is 0. The van der Waals surface area contributed by atoms with Crippen molar-refractivity contribution in [2.45, 2.75) is 19.6 Å². The van der Waals surface area contributed by atoms with Crippen molar-refractivity contribution in [3.05, 3.63) is 143 Å². The van der Waals surface area contributed by atoms with E-state index in [0.717, 1.165) is 27.9 Å². The molecule has 0 radical (unpaired) electrons. The zero-order valence-corrected chi connectivity index (χ0v) is 24.3.